The third-order valence-corrected chi connectivity index (χ3v) is 5.14. The number of rotatable bonds is 6. The summed E-state index contributed by atoms with van der Waals surface area (Å²) in [6, 6.07) is 14.1. The van der Waals surface area contributed by atoms with Crippen molar-refractivity contribution in [2.24, 2.45) is 0 Å². The predicted molar refractivity (Wildman–Crippen MR) is 96.2 cm³/mol. The lowest BCUT2D eigenvalue weighted by atomic mass is 10.1. The van der Waals surface area contributed by atoms with E-state index in [0.29, 0.717) is 5.75 Å². The number of nitrogens with zero attached hydrogens (tertiary/aromatic N) is 2. The van der Waals surface area contributed by atoms with E-state index in [1.54, 1.807) is 24.1 Å². The zero-order valence-corrected chi connectivity index (χ0v) is 14.7. The molecule has 0 aromatic heterocycles. The second-order valence-corrected chi connectivity index (χ2v) is 6.60. The summed E-state index contributed by atoms with van der Waals surface area (Å²) in [7, 11) is 1.73. The van der Waals surface area contributed by atoms with Gasteiger partial charge in [0.1, 0.15) is 0 Å². The standard InChI is InChI=1S/C18H20N2O3S/c1-13-7-4-5-10-17(13)24-12-18(21)19(3)14(2)15-8-6-9-16(11-15)20(22)23/h4-11,14H,12H2,1-3H3/t14-/m1/s1. The second kappa shape index (κ2) is 7.97. The molecule has 0 unspecified atom stereocenters. The van der Waals surface area contributed by atoms with Crippen molar-refractivity contribution in [2.75, 3.05) is 12.8 Å². The molecule has 2 aromatic rings. The summed E-state index contributed by atoms with van der Waals surface area (Å²) in [5, 5.41) is 10.9. The lowest BCUT2D eigenvalue weighted by Gasteiger charge is -2.25. The Morgan fingerprint density at radius 1 is 1.25 bits per heavy atom. The monoisotopic (exact) mass is 344 g/mol. The molecule has 0 saturated carbocycles. The average molecular weight is 344 g/mol. The second-order valence-electron chi connectivity index (χ2n) is 5.59. The number of hydrogen-bond acceptors (Lipinski definition) is 4. The van der Waals surface area contributed by atoms with Crippen LogP contribution in [0.15, 0.2) is 53.4 Å². The number of non-ortho nitro benzene ring substituents is 1. The topological polar surface area (TPSA) is 63.5 Å². The lowest BCUT2D eigenvalue weighted by molar-refractivity contribution is -0.384. The summed E-state index contributed by atoms with van der Waals surface area (Å²) in [4.78, 5) is 25.6. The van der Waals surface area contributed by atoms with Gasteiger partial charge in [0.25, 0.3) is 5.69 Å². The molecular formula is C18H20N2O3S. The lowest BCUT2D eigenvalue weighted by Crippen LogP contribution is -2.31. The summed E-state index contributed by atoms with van der Waals surface area (Å²) in [6.07, 6.45) is 0. The molecule has 0 spiro atoms. The van der Waals surface area contributed by atoms with Crippen LogP contribution >= 0.6 is 11.8 Å². The Bertz CT molecular complexity index is 749. The van der Waals surface area contributed by atoms with E-state index in [1.807, 2.05) is 38.1 Å². The highest BCUT2D eigenvalue weighted by Gasteiger charge is 2.19. The van der Waals surface area contributed by atoms with Gasteiger partial charge in [0, 0.05) is 24.1 Å². The van der Waals surface area contributed by atoms with E-state index in [1.165, 1.54) is 23.9 Å². The number of hydrogen-bond donors (Lipinski definition) is 0. The number of thioether (sulfide) groups is 1. The SMILES string of the molecule is Cc1ccccc1SCC(=O)N(C)[C@H](C)c1cccc([N+](=O)[O-])c1. The van der Waals surface area contributed by atoms with Gasteiger partial charge in [0.2, 0.25) is 5.91 Å². The maximum atomic E-state index is 12.4. The zero-order valence-electron chi connectivity index (χ0n) is 13.9. The summed E-state index contributed by atoms with van der Waals surface area (Å²) in [5.74, 6) is 0.322. The van der Waals surface area contributed by atoms with Crippen molar-refractivity contribution in [1.29, 1.82) is 0 Å². The van der Waals surface area contributed by atoms with Gasteiger partial charge in [0.15, 0.2) is 0 Å². The van der Waals surface area contributed by atoms with Crippen LogP contribution in [-0.4, -0.2) is 28.5 Å². The van der Waals surface area contributed by atoms with E-state index in [9.17, 15) is 14.9 Å². The van der Waals surface area contributed by atoms with Gasteiger partial charge >= 0.3 is 0 Å². The maximum Gasteiger partial charge on any atom is 0.269 e. The molecule has 0 saturated heterocycles. The molecule has 0 bridgehead atoms. The van der Waals surface area contributed by atoms with Gasteiger partial charge in [-0.2, -0.15) is 0 Å². The fourth-order valence-electron chi connectivity index (χ4n) is 2.30. The fraction of sp³-hybridized carbons (Fsp3) is 0.278. The van der Waals surface area contributed by atoms with E-state index in [-0.39, 0.29) is 17.6 Å². The Morgan fingerprint density at radius 2 is 1.96 bits per heavy atom. The molecule has 0 aliphatic rings. The highest BCUT2D eigenvalue weighted by Crippen LogP contribution is 2.26. The Morgan fingerprint density at radius 3 is 2.62 bits per heavy atom. The Hall–Kier alpha value is -2.34. The molecule has 2 rings (SSSR count). The van der Waals surface area contributed by atoms with Gasteiger partial charge in [-0.25, -0.2) is 0 Å². The van der Waals surface area contributed by atoms with Crippen molar-refractivity contribution in [1.82, 2.24) is 4.90 Å². The minimum atomic E-state index is -0.425. The summed E-state index contributed by atoms with van der Waals surface area (Å²) in [6.45, 7) is 3.89. The minimum absolute atomic E-state index is 0.0118. The first-order chi connectivity index (χ1) is 11.4. The molecule has 0 N–H and O–H groups in total. The molecule has 2 aromatic carbocycles. The van der Waals surface area contributed by atoms with Crippen LogP contribution in [0.5, 0.6) is 0 Å². The third kappa shape index (κ3) is 4.35. The van der Waals surface area contributed by atoms with Crippen molar-refractivity contribution in [3.63, 3.8) is 0 Å². The molecule has 0 aliphatic carbocycles. The number of carbonyl (C=O) groups is 1. The predicted octanol–water partition coefficient (Wildman–Crippen LogP) is 4.21. The molecule has 1 amide bonds. The molecule has 6 heteroatoms. The van der Waals surface area contributed by atoms with E-state index in [4.69, 9.17) is 0 Å². The summed E-state index contributed by atoms with van der Waals surface area (Å²) in [5.41, 5.74) is 1.93. The Kier molecular flexibility index (Phi) is 5.98. The normalized spacial score (nSPS) is 11.8. The smallest absolute Gasteiger partial charge is 0.269 e. The molecule has 1 atom stereocenters. The van der Waals surface area contributed by atoms with E-state index in [0.717, 1.165) is 16.0 Å². The first-order valence-electron chi connectivity index (χ1n) is 7.58. The van der Waals surface area contributed by atoms with Gasteiger partial charge in [-0.15, -0.1) is 11.8 Å². The Balaban J connectivity index is 2.03. The summed E-state index contributed by atoms with van der Waals surface area (Å²) < 4.78 is 0. The first kappa shape index (κ1) is 18.0. The molecule has 126 valence electrons. The van der Waals surface area contributed by atoms with Crippen molar-refractivity contribution < 1.29 is 9.72 Å². The minimum Gasteiger partial charge on any atom is -0.338 e. The molecule has 0 heterocycles. The van der Waals surface area contributed by atoms with Gasteiger partial charge in [-0.1, -0.05) is 30.3 Å². The fourth-order valence-corrected chi connectivity index (χ4v) is 3.25. The van der Waals surface area contributed by atoms with Crippen molar-refractivity contribution >= 4 is 23.4 Å². The van der Waals surface area contributed by atoms with Gasteiger partial charge < -0.3 is 4.90 Å². The zero-order chi connectivity index (χ0) is 17.7. The molecule has 0 aliphatic heterocycles. The number of aryl methyl sites for hydroxylation is 1. The molecule has 0 fully saturated rings. The Labute approximate surface area is 145 Å². The number of carbonyl (C=O) groups excluding carboxylic acids is 1. The third-order valence-electron chi connectivity index (χ3n) is 3.98. The van der Waals surface area contributed by atoms with E-state index in [2.05, 4.69) is 0 Å². The van der Waals surface area contributed by atoms with Gasteiger partial charge in [0.05, 0.1) is 16.7 Å². The number of benzene rings is 2. The largest absolute Gasteiger partial charge is 0.338 e. The highest BCUT2D eigenvalue weighted by atomic mass is 32.2. The van der Waals surface area contributed by atoms with Gasteiger partial charge in [-0.3, -0.25) is 14.9 Å². The van der Waals surface area contributed by atoms with Crippen LogP contribution in [-0.2, 0) is 4.79 Å². The number of nitro benzene ring substituents is 1. The molecule has 5 nitrogen and oxygen atoms in total. The molecule has 24 heavy (non-hydrogen) atoms. The van der Waals surface area contributed by atoms with Crippen LogP contribution in [0.4, 0.5) is 5.69 Å². The van der Waals surface area contributed by atoms with E-state index >= 15 is 0 Å². The van der Waals surface area contributed by atoms with Gasteiger partial charge in [-0.05, 0) is 31.0 Å². The van der Waals surface area contributed by atoms with Crippen LogP contribution in [0.3, 0.4) is 0 Å². The van der Waals surface area contributed by atoms with Crippen LogP contribution in [0.2, 0.25) is 0 Å². The molecule has 0 radical (unpaired) electrons. The van der Waals surface area contributed by atoms with Crippen molar-refractivity contribution in [3.8, 4) is 0 Å². The maximum absolute atomic E-state index is 12.4. The number of nitro groups is 1. The van der Waals surface area contributed by atoms with Crippen LogP contribution < -0.4 is 0 Å². The summed E-state index contributed by atoms with van der Waals surface area (Å²) >= 11 is 1.50. The van der Waals surface area contributed by atoms with Crippen LogP contribution in [0, 0.1) is 17.0 Å². The molecular weight excluding hydrogens is 324 g/mol. The number of amides is 1. The van der Waals surface area contributed by atoms with E-state index < -0.39 is 4.92 Å². The average Bonchev–Trinajstić information content (AvgIpc) is 2.59. The van der Waals surface area contributed by atoms with Crippen LogP contribution in [0.25, 0.3) is 0 Å². The van der Waals surface area contributed by atoms with Crippen molar-refractivity contribution in [2.45, 2.75) is 24.8 Å². The highest BCUT2D eigenvalue weighted by molar-refractivity contribution is 8.00. The van der Waals surface area contributed by atoms with Crippen molar-refractivity contribution in [3.05, 3.63) is 69.8 Å². The quantitative estimate of drug-likeness (QED) is 0.447. The first-order valence-corrected chi connectivity index (χ1v) is 8.57. The van der Waals surface area contributed by atoms with Crippen LogP contribution in [0.1, 0.15) is 24.1 Å².